The van der Waals surface area contributed by atoms with Gasteiger partial charge < -0.3 is 5.32 Å². The molecule has 1 unspecified atom stereocenters. The fraction of sp³-hybridized carbons (Fsp3) is 0.929. The highest BCUT2D eigenvalue weighted by atomic mass is 32.2. The van der Waals surface area contributed by atoms with Crippen LogP contribution in [0.25, 0.3) is 0 Å². The van der Waals surface area contributed by atoms with Gasteiger partial charge in [-0.1, -0.05) is 32.6 Å². The molecule has 20 heavy (non-hydrogen) atoms. The first-order chi connectivity index (χ1) is 9.34. The van der Waals surface area contributed by atoms with Crippen molar-refractivity contribution in [2.75, 3.05) is 12.8 Å². The minimum atomic E-state index is -3.35. The molecule has 1 N–H and O–H groups in total. The quantitative estimate of drug-likeness (QED) is 0.762. The van der Waals surface area contributed by atoms with Crippen LogP contribution in [0.15, 0.2) is 0 Å². The number of amides is 1. The van der Waals surface area contributed by atoms with Gasteiger partial charge in [-0.3, -0.25) is 4.79 Å². The van der Waals surface area contributed by atoms with Crippen molar-refractivity contribution in [2.24, 2.45) is 0 Å². The van der Waals surface area contributed by atoms with E-state index in [9.17, 15) is 13.2 Å². The molecule has 1 amide bonds. The lowest BCUT2D eigenvalue weighted by atomic mass is 10.1. The number of nitrogens with one attached hydrogen (secondary N) is 1. The van der Waals surface area contributed by atoms with Crippen LogP contribution in [0.5, 0.6) is 0 Å². The van der Waals surface area contributed by atoms with E-state index in [2.05, 4.69) is 5.32 Å². The van der Waals surface area contributed by atoms with Gasteiger partial charge in [0, 0.05) is 12.1 Å². The molecule has 118 valence electrons. The summed E-state index contributed by atoms with van der Waals surface area (Å²) in [4.78, 5) is 12.0. The molecule has 0 bridgehead atoms. The Bertz CT molecular complexity index is 401. The summed E-state index contributed by atoms with van der Waals surface area (Å²) in [5.41, 5.74) is 0. The van der Waals surface area contributed by atoms with Crippen LogP contribution < -0.4 is 5.32 Å². The van der Waals surface area contributed by atoms with Crippen molar-refractivity contribution in [3.05, 3.63) is 0 Å². The van der Waals surface area contributed by atoms with Crippen LogP contribution >= 0.6 is 0 Å². The van der Waals surface area contributed by atoms with E-state index in [-0.39, 0.29) is 24.5 Å². The SMILES string of the molecule is CCC(C)NC(=O)CN(C1CCCCCC1)S(C)(=O)=O. The number of nitrogens with zero attached hydrogens (tertiary/aromatic N) is 1. The van der Waals surface area contributed by atoms with Gasteiger partial charge in [0.05, 0.1) is 12.8 Å². The third-order valence-electron chi connectivity index (χ3n) is 3.98. The zero-order chi connectivity index (χ0) is 15.2. The van der Waals surface area contributed by atoms with Crippen LogP contribution in [0.4, 0.5) is 0 Å². The fourth-order valence-corrected chi connectivity index (χ4v) is 3.73. The highest BCUT2D eigenvalue weighted by Gasteiger charge is 2.29. The van der Waals surface area contributed by atoms with E-state index in [4.69, 9.17) is 0 Å². The Morgan fingerprint density at radius 3 is 2.25 bits per heavy atom. The highest BCUT2D eigenvalue weighted by Crippen LogP contribution is 2.23. The normalized spacial score (nSPS) is 19.6. The van der Waals surface area contributed by atoms with E-state index in [0.29, 0.717) is 0 Å². The van der Waals surface area contributed by atoms with Gasteiger partial charge in [0.1, 0.15) is 0 Å². The smallest absolute Gasteiger partial charge is 0.235 e. The predicted octanol–water partition coefficient (Wildman–Crippen LogP) is 1.89. The highest BCUT2D eigenvalue weighted by molar-refractivity contribution is 7.88. The standard InChI is InChI=1S/C14H28N2O3S/c1-4-12(2)15-14(17)11-16(20(3,18)19)13-9-7-5-6-8-10-13/h12-13H,4-11H2,1-3H3,(H,15,17). The molecule has 0 aromatic heterocycles. The summed E-state index contributed by atoms with van der Waals surface area (Å²) in [5.74, 6) is -0.200. The van der Waals surface area contributed by atoms with Gasteiger partial charge >= 0.3 is 0 Å². The molecular formula is C14H28N2O3S. The summed E-state index contributed by atoms with van der Waals surface area (Å²) in [6.07, 6.45) is 8.18. The lowest BCUT2D eigenvalue weighted by Crippen LogP contribution is -2.47. The number of rotatable bonds is 6. The molecule has 1 rings (SSSR count). The molecule has 1 saturated carbocycles. The average molecular weight is 304 g/mol. The Labute approximate surface area is 123 Å². The second-order valence-electron chi connectivity index (χ2n) is 5.83. The van der Waals surface area contributed by atoms with E-state index in [0.717, 1.165) is 44.9 Å². The van der Waals surface area contributed by atoms with E-state index >= 15 is 0 Å². The number of sulfonamides is 1. The molecule has 1 atom stereocenters. The summed E-state index contributed by atoms with van der Waals surface area (Å²) in [6.45, 7) is 3.87. The number of hydrogen-bond acceptors (Lipinski definition) is 3. The molecule has 5 nitrogen and oxygen atoms in total. The Morgan fingerprint density at radius 1 is 1.25 bits per heavy atom. The van der Waals surface area contributed by atoms with Crippen molar-refractivity contribution in [1.82, 2.24) is 9.62 Å². The van der Waals surface area contributed by atoms with Gasteiger partial charge in [-0.2, -0.15) is 4.31 Å². The minimum absolute atomic E-state index is 0.0183. The van der Waals surface area contributed by atoms with Crippen molar-refractivity contribution < 1.29 is 13.2 Å². The van der Waals surface area contributed by atoms with Crippen molar-refractivity contribution in [3.63, 3.8) is 0 Å². The second kappa shape index (κ2) is 7.98. The van der Waals surface area contributed by atoms with Crippen LogP contribution in [0.3, 0.4) is 0 Å². The zero-order valence-corrected chi connectivity index (χ0v) is 13.7. The maximum absolute atomic E-state index is 12.0. The van der Waals surface area contributed by atoms with Crippen molar-refractivity contribution in [3.8, 4) is 0 Å². The summed E-state index contributed by atoms with van der Waals surface area (Å²) >= 11 is 0. The molecule has 0 aromatic rings. The molecule has 0 aromatic carbocycles. The van der Waals surface area contributed by atoms with Crippen LogP contribution in [0.1, 0.15) is 58.8 Å². The molecule has 0 radical (unpaired) electrons. The fourth-order valence-electron chi connectivity index (χ4n) is 2.63. The monoisotopic (exact) mass is 304 g/mol. The third kappa shape index (κ3) is 5.79. The minimum Gasteiger partial charge on any atom is -0.353 e. The van der Waals surface area contributed by atoms with Gasteiger partial charge in [-0.05, 0) is 26.2 Å². The van der Waals surface area contributed by atoms with Crippen LogP contribution in [0.2, 0.25) is 0 Å². The average Bonchev–Trinajstić information content (AvgIpc) is 2.63. The first-order valence-corrected chi connectivity index (χ1v) is 9.45. The molecular weight excluding hydrogens is 276 g/mol. The summed E-state index contributed by atoms with van der Waals surface area (Å²) in [7, 11) is -3.35. The summed E-state index contributed by atoms with van der Waals surface area (Å²) in [5, 5.41) is 2.84. The third-order valence-corrected chi connectivity index (χ3v) is 5.26. The van der Waals surface area contributed by atoms with E-state index in [1.165, 1.54) is 10.6 Å². The molecule has 0 heterocycles. The lowest BCUT2D eigenvalue weighted by Gasteiger charge is -2.28. The number of carbonyl (C=O) groups is 1. The Morgan fingerprint density at radius 2 is 1.80 bits per heavy atom. The van der Waals surface area contributed by atoms with Gasteiger partial charge in [-0.15, -0.1) is 0 Å². The maximum atomic E-state index is 12.0. The van der Waals surface area contributed by atoms with Gasteiger partial charge in [0.2, 0.25) is 15.9 Å². The van der Waals surface area contributed by atoms with Gasteiger partial charge in [0.25, 0.3) is 0 Å². The Hall–Kier alpha value is -0.620. The zero-order valence-electron chi connectivity index (χ0n) is 12.9. The van der Waals surface area contributed by atoms with Crippen LogP contribution in [0, 0.1) is 0 Å². The number of hydrogen-bond donors (Lipinski definition) is 1. The number of carbonyl (C=O) groups excluding carboxylic acids is 1. The summed E-state index contributed by atoms with van der Waals surface area (Å²) in [6, 6.07) is 0.0632. The molecule has 0 saturated heterocycles. The predicted molar refractivity (Wildman–Crippen MR) is 80.9 cm³/mol. The van der Waals surface area contributed by atoms with Crippen molar-refractivity contribution >= 4 is 15.9 Å². The van der Waals surface area contributed by atoms with Gasteiger partial charge in [0.15, 0.2) is 0 Å². The molecule has 0 aliphatic heterocycles. The van der Waals surface area contributed by atoms with E-state index < -0.39 is 10.0 Å². The Balaban J connectivity index is 2.72. The topological polar surface area (TPSA) is 66.5 Å². The molecule has 1 aliphatic rings. The van der Waals surface area contributed by atoms with Crippen LogP contribution in [-0.4, -0.2) is 43.5 Å². The van der Waals surface area contributed by atoms with E-state index in [1.54, 1.807) is 0 Å². The molecule has 1 aliphatic carbocycles. The molecule has 1 fully saturated rings. The van der Waals surface area contributed by atoms with Crippen molar-refractivity contribution in [2.45, 2.75) is 70.9 Å². The largest absolute Gasteiger partial charge is 0.353 e. The maximum Gasteiger partial charge on any atom is 0.235 e. The van der Waals surface area contributed by atoms with E-state index in [1.807, 2.05) is 13.8 Å². The second-order valence-corrected chi connectivity index (χ2v) is 7.77. The molecule has 6 heteroatoms. The van der Waals surface area contributed by atoms with Gasteiger partial charge in [-0.25, -0.2) is 8.42 Å². The Kier molecular flexibility index (Phi) is 6.95. The first-order valence-electron chi connectivity index (χ1n) is 7.60. The lowest BCUT2D eigenvalue weighted by molar-refractivity contribution is -0.122. The summed E-state index contributed by atoms with van der Waals surface area (Å²) < 4.78 is 25.4. The van der Waals surface area contributed by atoms with Crippen molar-refractivity contribution in [1.29, 1.82) is 0 Å². The first kappa shape index (κ1) is 17.4. The molecule has 0 spiro atoms. The van der Waals surface area contributed by atoms with Crippen LogP contribution in [-0.2, 0) is 14.8 Å².